The van der Waals surface area contributed by atoms with E-state index < -0.39 is 0 Å². The van der Waals surface area contributed by atoms with E-state index in [9.17, 15) is 4.79 Å². The SMILES string of the molecule is COc1ccccc1C(=O)NCCNc1c(-c2ccccc2OC)nc2cnccn12. The van der Waals surface area contributed by atoms with Gasteiger partial charge in [0.1, 0.15) is 23.0 Å². The second kappa shape index (κ2) is 9.17. The van der Waals surface area contributed by atoms with Crippen LogP contribution in [0, 0.1) is 0 Å². The lowest BCUT2D eigenvalue weighted by atomic mass is 10.1. The number of hydrogen-bond donors (Lipinski definition) is 2. The standard InChI is InChI=1S/C23H23N5O3/c1-30-18-9-5-3-7-16(18)21-22(28-14-13-24-15-20(28)27-21)25-11-12-26-23(29)17-8-4-6-10-19(17)31-2/h3-10,13-15,25H,11-12H2,1-2H3,(H,26,29). The van der Waals surface area contributed by atoms with Crippen LogP contribution in [0.25, 0.3) is 16.9 Å². The van der Waals surface area contributed by atoms with Gasteiger partial charge in [-0.15, -0.1) is 0 Å². The predicted molar refractivity (Wildman–Crippen MR) is 119 cm³/mol. The first-order valence-electron chi connectivity index (χ1n) is 9.83. The average Bonchev–Trinajstić information content (AvgIpc) is 3.20. The van der Waals surface area contributed by atoms with Gasteiger partial charge < -0.3 is 20.1 Å². The van der Waals surface area contributed by atoms with Crippen molar-refractivity contribution < 1.29 is 14.3 Å². The lowest BCUT2D eigenvalue weighted by molar-refractivity contribution is 0.0952. The fraction of sp³-hybridized carbons (Fsp3) is 0.174. The van der Waals surface area contributed by atoms with Crippen LogP contribution < -0.4 is 20.1 Å². The molecule has 158 valence electrons. The minimum absolute atomic E-state index is 0.188. The smallest absolute Gasteiger partial charge is 0.255 e. The van der Waals surface area contributed by atoms with Gasteiger partial charge >= 0.3 is 0 Å². The van der Waals surface area contributed by atoms with Crippen LogP contribution in [0.15, 0.2) is 67.1 Å². The second-order valence-electron chi connectivity index (χ2n) is 6.70. The number of nitrogens with one attached hydrogen (secondary N) is 2. The van der Waals surface area contributed by atoms with Gasteiger partial charge in [-0.25, -0.2) is 4.98 Å². The molecule has 0 aliphatic carbocycles. The minimum atomic E-state index is -0.188. The molecule has 0 bridgehead atoms. The van der Waals surface area contributed by atoms with Crippen LogP contribution in [-0.2, 0) is 0 Å². The third-order valence-electron chi connectivity index (χ3n) is 4.85. The summed E-state index contributed by atoms with van der Waals surface area (Å²) in [6.45, 7) is 0.916. The number of aromatic nitrogens is 3. The summed E-state index contributed by atoms with van der Waals surface area (Å²) in [5, 5.41) is 6.31. The molecule has 2 aromatic carbocycles. The summed E-state index contributed by atoms with van der Waals surface area (Å²) in [6.07, 6.45) is 5.25. The molecule has 1 amide bonds. The largest absolute Gasteiger partial charge is 0.496 e. The monoisotopic (exact) mass is 417 g/mol. The first-order chi connectivity index (χ1) is 15.2. The molecule has 0 atom stereocenters. The van der Waals surface area contributed by atoms with Crippen LogP contribution in [0.4, 0.5) is 5.82 Å². The van der Waals surface area contributed by atoms with Crippen molar-refractivity contribution in [1.82, 2.24) is 19.7 Å². The quantitative estimate of drug-likeness (QED) is 0.428. The number of para-hydroxylation sites is 2. The van der Waals surface area contributed by atoms with Crippen molar-refractivity contribution >= 4 is 17.4 Å². The molecule has 0 saturated heterocycles. The molecule has 2 aromatic heterocycles. The number of nitrogens with zero attached hydrogens (tertiary/aromatic N) is 3. The zero-order valence-corrected chi connectivity index (χ0v) is 17.3. The number of carbonyl (C=O) groups excluding carboxylic acids is 1. The van der Waals surface area contributed by atoms with E-state index in [2.05, 4.69) is 15.6 Å². The van der Waals surface area contributed by atoms with Crippen LogP contribution in [0.5, 0.6) is 11.5 Å². The number of amides is 1. The number of fused-ring (bicyclic) bond motifs is 1. The number of benzene rings is 2. The summed E-state index contributed by atoms with van der Waals surface area (Å²) in [7, 11) is 3.18. The van der Waals surface area contributed by atoms with E-state index in [1.165, 1.54) is 0 Å². The van der Waals surface area contributed by atoms with E-state index in [1.54, 1.807) is 38.7 Å². The lowest BCUT2D eigenvalue weighted by Crippen LogP contribution is -2.29. The van der Waals surface area contributed by atoms with E-state index >= 15 is 0 Å². The average molecular weight is 417 g/mol. The maximum atomic E-state index is 12.5. The highest BCUT2D eigenvalue weighted by molar-refractivity contribution is 5.96. The molecule has 0 radical (unpaired) electrons. The van der Waals surface area contributed by atoms with E-state index in [1.807, 2.05) is 47.0 Å². The summed E-state index contributed by atoms with van der Waals surface area (Å²) >= 11 is 0. The number of ether oxygens (including phenoxy) is 2. The number of rotatable bonds is 8. The van der Waals surface area contributed by atoms with Crippen molar-refractivity contribution in [2.24, 2.45) is 0 Å². The predicted octanol–water partition coefficient (Wildman–Crippen LogP) is 3.26. The summed E-state index contributed by atoms with van der Waals surface area (Å²) < 4.78 is 12.7. The number of anilines is 1. The molecule has 4 aromatic rings. The molecule has 0 aliphatic heterocycles. The van der Waals surface area contributed by atoms with Crippen molar-refractivity contribution in [2.45, 2.75) is 0 Å². The maximum absolute atomic E-state index is 12.5. The van der Waals surface area contributed by atoms with Gasteiger partial charge in [0.2, 0.25) is 0 Å². The van der Waals surface area contributed by atoms with Gasteiger partial charge in [0, 0.05) is 31.0 Å². The molecule has 2 N–H and O–H groups in total. The summed E-state index contributed by atoms with van der Waals surface area (Å²) in [5.74, 6) is 1.88. The molecule has 0 unspecified atom stereocenters. The summed E-state index contributed by atoms with van der Waals surface area (Å²) in [5.41, 5.74) is 2.83. The van der Waals surface area contributed by atoms with Gasteiger partial charge in [-0.2, -0.15) is 0 Å². The highest BCUT2D eigenvalue weighted by Crippen LogP contribution is 2.34. The molecular weight excluding hydrogens is 394 g/mol. The Morgan fingerprint density at radius 3 is 2.55 bits per heavy atom. The molecule has 0 spiro atoms. The zero-order valence-electron chi connectivity index (χ0n) is 17.3. The van der Waals surface area contributed by atoms with Crippen molar-refractivity contribution in [1.29, 1.82) is 0 Å². The Morgan fingerprint density at radius 1 is 1.00 bits per heavy atom. The molecule has 4 rings (SSSR count). The molecule has 0 aliphatic rings. The third-order valence-corrected chi connectivity index (χ3v) is 4.85. The van der Waals surface area contributed by atoms with Crippen LogP contribution >= 0.6 is 0 Å². The number of methoxy groups -OCH3 is 2. The van der Waals surface area contributed by atoms with Crippen molar-refractivity contribution in [3.05, 3.63) is 72.7 Å². The van der Waals surface area contributed by atoms with Crippen molar-refractivity contribution in [2.75, 3.05) is 32.6 Å². The lowest BCUT2D eigenvalue weighted by Gasteiger charge is -2.12. The first-order valence-corrected chi connectivity index (χ1v) is 9.83. The van der Waals surface area contributed by atoms with Crippen LogP contribution in [0.3, 0.4) is 0 Å². The molecular formula is C23H23N5O3. The van der Waals surface area contributed by atoms with Crippen molar-refractivity contribution in [3.63, 3.8) is 0 Å². The van der Waals surface area contributed by atoms with E-state index in [-0.39, 0.29) is 5.91 Å². The fourth-order valence-electron chi connectivity index (χ4n) is 3.39. The molecule has 0 saturated carbocycles. The Morgan fingerprint density at radius 2 is 1.74 bits per heavy atom. The molecule has 2 heterocycles. The summed E-state index contributed by atoms with van der Waals surface area (Å²) in [6, 6.07) is 14.9. The number of carbonyl (C=O) groups is 1. The van der Waals surface area contributed by atoms with Crippen LogP contribution in [0.1, 0.15) is 10.4 Å². The second-order valence-corrected chi connectivity index (χ2v) is 6.70. The molecule has 8 heteroatoms. The highest BCUT2D eigenvalue weighted by Gasteiger charge is 2.17. The Balaban J connectivity index is 1.53. The Kier molecular flexibility index (Phi) is 5.98. The van der Waals surface area contributed by atoms with Gasteiger partial charge in [0.15, 0.2) is 5.65 Å². The number of hydrogen-bond acceptors (Lipinski definition) is 6. The minimum Gasteiger partial charge on any atom is -0.496 e. The Hall–Kier alpha value is -4.07. The molecule has 8 nitrogen and oxygen atoms in total. The van der Waals surface area contributed by atoms with E-state index in [4.69, 9.17) is 14.5 Å². The van der Waals surface area contributed by atoms with Gasteiger partial charge in [0.05, 0.1) is 26.0 Å². The van der Waals surface area contributed by atoms with Crippen LogP contribution in [-0.4, -0.2) is 47.6 Å². The Labute approximate surface area is 179 Å². The fourth-order valence-corrected chi connectivity index (χ4v) is 3.39. The molecule has 0 fully saturated rings. The first kappa shape index (κ1) is 20.2. The normalized spacial score (nSPS) is 10.6. The van der Waals surface area contributed by atoms with Gasteiger partial charge in [0.25, 0.3) is 5.91 Å². The van der Waals surface area contributed by atoms with Gasteiger partial charge in [-0.1, -0.05) is 24.3 Å². The third kappa shape index (κ3) is 4.13. The topological polar surface area (TPSA) is 89.8 Å². The number of imidazole rings is 1. The van der Waals surface area contributed by atoms with Crippen molar-refractivity contribution in [3.8, 4) is 22.8 Å². The zero-order chi connectivity index (χ0) is 21.6. The van der Waals surface area contributed by atoms with Gasteiger partial charge in [-0.05, 0) is 24.3 Å². The molecule has 31 heavy (non-hydrogen) atoms. The maximum Gasteiger partial charge on any atom is 0.255 e. The summed E-state index contributed by atoms with van der Waals surface area (Å²) in [4.78, 5) is 21.4. The van der Waals surface area contributed by atoms with Crippen LogP contribution in [0.2, 0.25) is 0 Å². The Bertz CT molecular complexity index is 1200. The highest BCUT2D eigenvalue weighted by atomic mass is 16.5. The van der Waals surface area contributed by atoms with E-state index in [0.717, 1.165) is 22.8 Å². The van der Waals surface area contributed by atoms with Gasteiger partial charge in [-0.3, -0.25) is 14.2 Å². The van der Waals surface area contributed by atoms with E-state index in [0.29, 0.717) is 30.0 Å².